The first-order valence-electron chi connectivity index (χ1n) is 6.01. The zero-order valence-electron chi connectivity index (χ0n) is 10.1. The van der Waals surface area contributed by atoms with Gasteiger partial charge in [-0.05, 0) is 56.8 Å². The van der Waals surface area contributed by atoms with Gasteiger partial charge in [0, 0.05) is 6.04 Å². The minimum absolute atomic E-state index is 0.236. The van der Waals surface area contributed by atoms with E-state index in [0.29, 0.717) is 18.4 Å². The number of halogens is 1. The molecular weight excluding hydrogens is 217 g/mol. The minimum Gasteiger partial charge on any atom is -0.490 e. The van der Waals surface area contributed by atoms with Gasteiger partial charge in [-0.25, -0.2) is 4.39 Å². The number of likely N-dealkylation sites (N-methyl/N-ethyl adjacent to an activating group) is 1. The standard InChI is InChI=1S/C14H18FNO/c1-16-10-2-4-13(16)5-3-11-17-14-8-6-12(15)7-9-14/h3,5-9,13H,2,4,10-11H2,1H3/b5-3+. The van der Waals surface area contributed by atoms with Crippen molar-refractivity contribution in [1.82, 2.24) is 4.90 Å². The van der Waals surface area contributed by atoms with Gasteiger partial charge < -0.3 is 4.74 Å². The monoisotopic (exact) mass is 235 g/mol. The lowest BCUT2D eigenvalue weighted by Gasteiger charge is -2.14. The van der Waals surface area contributed by atoms with Crippen LogP contribution in [0.5, 0.6) is 5.75 Å². The Hall–Kier alpha value is -1.35. The summed E-state index contributed by atoms with van der Waals surface area (Å²) in [7, 11) is 2.14. The SMILES string of the molecule is CN1CCCC1/C=C/COc1ccc(F)cc1. The molecule has 0 N–H and O–H groups in total. The summed E-state index contributed by atoms with van der Waals surface area (Å²) in [6.45, 7) is 1.71. The van der Waals surface area contributed by atoms with Crippen LogP contribution in [0.4, 0.5) is 4.39 Å². The van der Waals surface area contributed by atoms with Crippen LogP contribution in [-0.2, 0) is 0 Å². The van der Waals surface area contributed by atoms with Gasteiger partial charge in [0.25, 0.3) is 0 Å². The maximum absolute atomic E-state index is 12.6. The van der Waals surface area contributed by atoms with Crippen molar-refractivity contribution in [2.45, 2.75) is 18.9 Å². The molecule has 17 heavy (non-hydrogen) atoms. The number of likely N-dealkylation sites (tertiary alicyclic amines) is 1. The van der Waals surface area contributed by atoms with E-state index in [4.69, 9.17) is 4.74 Å². The molecule has 0 aromatic heterocycles. The Morgan fingerprint density at radius 3 is 2.82 bits per heavy atom. The normalized spacial score (nSPS) is 21.2. The van der Waals surface area contributed by atoms with Crippen LogP contribution < -0.4 is 4.74 Å². The number of benzene rings is 1. The topological polar surface area (TPSA) is 12.5 Å². The smallest absolute Gasteiger partial charge is 0.123 e. The van der Waals surface area contributed by atoms with E-state index in [0.717, 1.165) is 0 Å². The molecule has 1 aromatic rings. The Kier molecular flexibility index (Phi) is 4.15. The highest BCUT2D eigenvalue weighted by atomic mass is 19.1. The number of rotatable bonds is 4. The van der Waals surface area contributed by atoms with E-state index < -0.39 is 0 Å². The van der Waals surface area contributed by atoms with Gasteiger partial charge in [0.2, 0.25) is 0 Å². The van der Waals surface area contributed by atoms with Crippen molar-refractivity contribution in [3.05, 3.63) is 42.2 Å². The van der Waals surface area contributed by atoms with Crippen molar-refractivity contribution >= 4 is 0 Å². The highest BCUT2D eigenvalue weighted by Gasteiger charge is 2.17. The summed E-state index contributed by atoms with van der Waals surface area (Å²) < 4.78 is 18.1. The van der Waals surface area contributed by atoms with Crippen molar-refractivity contribution in [2.75, 3.05) is 20.2 Å². The first kappa shape index (κ1) is 12.1. The maximum atomic E-state index is 12.6. The summed E-state index contributed by atoms with van der Waals surface area (Å²) in [4.78, 5) is 2.34. The predicted molar refractivity (Wildman–Crippen MR) is 66.7 cm³/mol. The van der Waals surface area contributed by atoms with Crippen LogP contribution in [-0.4, -0.2) is 31.1 Å². The molecule has 1 unspecified atom stereocenters. The Bertz CT molecular complexity index is 374. The largest absolute Gasteiger partial charge is 0.490 e. The maximum Gasteiger partial charge on any atom is 0.123 e. The Morgan fingerprint density at radius 1 is 1.41 bits per heavy atom. The van der Waals surface area contributed by atoms with E-state index in [2.05, 4.69) is 18.0 Å². The van der Waals surface area contributed by atoms with Crippen molar-refractivity contribution < 1.29 is 9.13 Å². The van der Waals surface area contributed by atoms with Crippen molar-refractivity contribution in [3.63, 3.8) is 0 Å². The number of hydrogen-bond donors (Lipinski definition) is 0. The van der Waals surface area contributed by atoms with Crippen LogP contribution in [0.3, 0.4) is 0 Å². The van der Waals surface area contributed by atoms with Gasteiger partial charge in [-0.3, -0.25) is 4.90 Å². The van der Waals surface area contributed by atoms with Crippen LogP contribution >= 0.6 is 0 Å². The van der Waals surface area contributed by atoms with Gasteiger partial charge in [0.05, 0.1) is 0 Å². The predicted octanol–water partition coefficient (Wildman–Crippen LogP) is 2.85. The van der Waals surface area contributed by atoms with Crippen molar-refractivity contribution in [2.24, 2.45) is 0 Å². The Morgan fingerprint density at radius 2 is 2.18 bits per heavy atom. The summed E-state index contributed by atoms with van der Waals surface area (Å²) in [5.74, 6) is 0.469. The van der Waals surface area contributed by atoms with Gasteiger partial charge in [-0.2, -0.15) is 0 Å². The fourth-order valence-corrected chi connectivity index (χ4v) is 2.07. The molecule has 1 atom stereocenters. The van der Waals surface area contributed by atoms with E-state index in [1.54, 1.807) is 12.1 Å². The average molecular weight is 235 g/mol. The third-order valence-corrected chi connectivity index (χ3v) is 3.09. The third-order valence-electron chi connectivity index (χ3n) is 3.09. The molecular formula is C14H18FNO. The Balaban J connectivity index is 1.75. The van der Waals surface area contributed by atoms with E-state index >= 15 is 0 Å². The second kappa shape index (κ2) is 5.82. The molecule has 0 bridgehead atoms. The lowest BCUT2D eigenvalue weighted by atomic mass is 10.2. The molecule has 2 rings (SSSR count). The zero-order valence-corrected chi connectivity index (χ0v) is 10.1. The second-order valence-electron chi connectivity index (χ2n) is 4.38. The molecule has 0 radical (unpaired) electrons. The van der Waals surface area contributed by atoms with E-state index in [1.165, 1.54) is 31.5 Å². The molecule has 1 heterocycles. The minimum atomic E-state index is -0.236. The first-order chi connectivity index (χ1) is 8.25. The van der Waals surface area contributed by atoms with Crippen LogP contribution in [0.25, 0.3) is 0 Å². The Labute approximate surface area is 102 Å². The van der Waals surface area contributed by atoms with Crippen molar-refractivity contribution in [3.8, 4) is 5.75 Å². The second-order valence-corrected chi connectivity index (χ2v) is 4.38. The summed E-state index contributed by atoms with van der Waals surface area (Å²) in [6.07, 6.45) is 6.72. The molecule has 1 aliphatic heterocycles. The number of nitrogens with zero attached hydrogens (tertiary/aromatic N) is 1. The first-order valence-corrected chi connectivity index (χ1v) is 6.01. The molecule has 1 aromatic carbocycles. The van der Waals surface area contributed by atoms with Crippen molar-refractivity contribution in [1.29, 1.82) is 0 Å². The van der Waals surface area contributed by atoms with Crippen LogP contribution in [0.2, 0.25) is 0 Å². The highest BCUT2D eigenvalue weighted by molar-refractivity contribution is 5.22. The highest BCUT2D eigenvalue weighted by Crippen LogP contribution is 2.16. The summed E-state index contributed by atoms with van der Waals surface area (Å²) in [6, 6.07) is 6.65. The van der Waals surface area contributed by atoms with E-state index in [-0.39, 0.29) is 5.82 Å². The molecule has 1 aliphatic rings. The van der Waals surface area contributed by atoms with Gasteiger partial charge in [0.1, 0.15) is 18.2 Å². The van der Waals surface area contributed by atoms with Gasteiger partial charge in [0.15, 0.2) is 0 Å². The molecule has 3 heteroatoms. The summed E-state index contributed by atoms with van der Waals surface area (Å²) in [5.41, 5.74) is 0. The van der Waals surface area contributed by atoms with Gasteiger partial charge >= 0.3 is 0 Å². The average Bonchev–Trinajstić information content (AvgIpc) is 2.73. The molecule has 1 saturated heterocycles. The van der Waals surface area contributed by atoms with Crippen LogP contribution in [0.1, 0.15) is 12.8 Å². The summed E-state index contributed by atoms with van der Waals surface area (Å²) in [5, 5.41) is 0. The quantitative estimate of drug-likeness (QED) is 0.744. The summed E-state index contributed by atoms with van der Waals surface area (Å²) >= 11 is 0. The molecule has 0 spiro atoms. The van der Waals surface area contributed by atoms with Crippen LogP contribution in [0, 0.1) is 5.82 Å². The molecule has 92 valence electrons. The molecule has 0 amide bonds. The number of ether oxygens (including phenoxy) is 1. The van der Waals surface area contributed by atoms with E-state index in [9.17, 15) is 4.39 Å². The van der Waals surface area contributed by atoms with Gasteiger partial charge in [-0.1, -0.05) is 6.08 Å². The lowest BCUT2D eigenvalue weighted by molar-refractivity contribution is 0.346. The molecule has 0 aliphatic carbocycles. The van der Waals surface area contributed by atoms with Gasteiger partial charge in [-0.15, -0.1) is 0 Å². The van der Waals surface area contributed by atoms with E-state index in [1.807, 2.05) is 6.08 Å². The molecule has 1 fully saturated rings. The molecule has 0 saturated carbocycles. The number of hydrogen-bond acceptors (Lipinski definition) is 2. The fourth-order valence-electron chi connectivity index (χ4n) is 2.07. The molecule has 2 nitrogen and oxygen atoms in total. The van der Waals surface area contributed by atoms with Crippen LogP contribution in [0.15, 0.2) is 36.4 Å². The lowest BCUT2D eigenvalue weighted by Crippen LogP contribution is -2.22. The third kappa shape index (κ3) is 3.56. The fraction of sp³-hybridized carbons (Fsp3) is 0.429. The zero-order chi connectivity index (χ0) is 12.1.